The molecule has 28 heavy (non-hydrogen) atoms. The van der Waals surface area contributed by atoms with E-state index in [2.05, 4.69) is 23.8 Å². The van der Waals surface area contributed by atoms with Crippen LogP contribution in [0.15, 0.2) is 36.6 Å². The van der Waals surface area contributed by atoms with Gasteiger partial charge >= 0.3 is 0 Å². The largest absolute Gasteiger partial charge is 0.362 e. The van der Waals surface area contributed by atoms with E-state index in [0.717, 1.165) is 40.3 Å². The van der Waals surface area contributed by atoms with E-state index in [1.54, 1.807) is 7.11 Å². The molecule has 0 radical (unpaired) electrons. The number of aldehydes is 1. The summed E-state index contributed by atoms with van der Waals surface area (Å²) in [6.45, 7) is 6.29. The van der Waals surface area contributed by atoms with Crippen molar-refractivity contribution in [2.75, 3.05) is 7.11 Å². The minimum absolute atomic E-state index is 0.175. The fourth-order valence-electron chi connectivity index (χ4n) is 5.30. The van der Waals surface area contributed by atoms with Crippen LogP contribution in [0, 0.1) is 11.3 Å². The number of ether oxygens (including phenoxy) is 1. The highest BCUT2D eigenvalue weighted by molar-refractivity contribution is 6.08. The molecule has 5 heteroatoms. The first-order valence-electron chi connectivity index (χ1n) is 9.91. The predicted molar refractivity (Wildman–Crippen MR) is 109 cm³/mol. The number of hydrogen-bond donors (Lipinski definition) is 0. The third-order valence-electron chi connectivity index (χ3n) is 6.53. The first kappa shape index (κ1) is 18.8. The van der Waals surface area contributed by atoms with Gasteiger partial charge in [-0.3, -0.25) is 4.79 Å². The van der Waals surface area contributed by atoms with Crippen molar-refractivity contribution in [1.82, 2.24) is 9.78 Å². The van der Waals surface area contributed by atoms with Gasteiger partial charge in [-0.2, -0.15) is 5.10 Å². The van der Waals surface area contributed by atoms with Crippen molar-refractivity contribution in [2.24, 2.45) is 11.3 Å². The normalized spacial score (nSPS) is 22.3. The Labute approximate surface area is 165 Å². The molecule has 146 valence electrons. The maximum atomic E-state index is 12.7. The van der Waals surface area contributed by atoms with Crippen LogP contribution in [0.3, 0.4) is 0 Å². The number of carbonyl (C=O) groups excluding carboxylic acids is 2. The van der Waals surface area contributed by atoms with Crippen molar-refractivity contribution >= 4 is 28.5 Å². The quantitative estimate of drug-likeness (QED) is 0.538. The maximum Gasteiger partial charge on any atom is 0.159 e. The van der Waals surface area contributed by atoms with Gasteiger partial charge in [0.05, 0.1) is 11.7 Å². The summed E-state index contributed by atoms with van der Waals surface area (Å²) in [7, 11) is 1.65. The monoisotopic (exact) mass is 378 g/mol. The second kappa shape index (κ2) is 7.13. The second-order valence-electron chi connectivity index (χ2n) is 7.82. The van der Waals surface area contributed by atoms with E-state index in [9.17, 15) is 9.59 Å². The SMILES string of the molecule is C=CCC(C=O)C12CCC(=O)C(CC)=C1c1ccc3c(cnn3COC)c1C2. The Kier molecular flexibility index (Phi) is 4.79. The molecule has 1 aromatic heterocycles. The number of Topliss-reactive ketones (excluding diaryl/α,β-unsaturated/α-hetero) is 1. The van der Waals surface area contributed by atoms with Crippen LogP contribution in [0.2, 0.25) is 0 Å². The second-order valence-corrected chi connectivity index (χ2v) is 7.82. The van der Waals surface area contributed by atoms with E-state index in [1.807, 2.05) is 23.9 Å². The van der Waals surface area contributed by atoms with Gasteiger partial charge in [-0.25, -0.2) is 4.68 Å². The van der Waals surface area contributed by atoms with E-state index in [0.29, 0.717) is 32.4 Å². The number of carbonyl (C=O) groups is 2. The first-order valence-corrected chi connectivity index (χ1v) is 9.91. The summed E-state index contributed by atoms with van der Waals surface area (Å²) in [6, 6.07) is 4.16. The van der Waals surface area contributed by atoms with Gasteiger partial charge < -0.3 is 9.53 Å². The molecule has 1 aromatic carbocycles. The molecule has 2 unspecified atom stereocenters. The minimum atomic E-state index is -0.324. The van der Waals surface area contributed by atoms with Crippen molar-refractivity contribution in [3.8, 4) is 0 Å². The summed E-state index contributed by atoms with van der Waals surface area (Å²) in [5, 5.41) is 5.57. The molecular formula is C23H26N2O3. The number of rotatable bonds is 7. The number of aromatic nitrogens is 2. The molecule has 0 aliphatic heterocycles. The summed E-state index contributed by atoms with van der Waals surface area (Å²) in [5.74, 6) is 0.0468. The fraction of sp³-hybridized carbons (Fsp3) is 0.435. The van der Waals surface area contributed by atoms with Gasteiger partial charge in [0.2, 0.25) is 0 Å². The third kappa shape index (κ3) is 2.53. The lowest BCUT2D eigenvalue weighted by Gasteiger charge is -2.40. The van der Waals surface area contributed by atoms with Crippen LogP contribution in [0.4, 0.5) is 0 Å². The molecule has 1 heterocycles. The summed E-state index contributed by atoms with van der Waals surface area (Å²) >= 11 is 0. The van der Waals surface area contributed by atoms with Gasteiger partial charge in [0.25, 0.3) is 0 Å². The smallest absolute Gasteiger partial charge is 0.159 e. The summed E-state index contributed by atoms with van der Waals surface area (Å²) in [4.78, 5) is 24.9. The fourth-order valence-corrected chi connectivity index (χ4v) is 5.30. The first-order chi connectivity index (χ1) is 13.6. The Hall–Kier alpha value is -2.53. The van der Waals surface area contributed by atoms with Gasteiger partial charge in [0.1, 0.15) is 13.0 Å². The van der Waals surface area contributed by atoms with E-state index in [4.69, 9.17) is 4.74 Å². The minimum Gasteiger partial charge on any atom is -0.362 e. The molecule has 0 spiro atoms. The Bertz CT molecular complexity index is 1000. The average molecular weight is 378 g/mol. The predicted octanol–water partition coefficient (Wildman–Crippen LogP) is 4.10. The molecule has 0 bridgehead atoms. The van der Waals surface area contributed by atoms with Crippen LogP contribution in [-0.2, 0) is 27.5 Å². The summed E-state index contributed by atoms with van der Waals surface area (Å²) in [5.41, 5.74) is 5.00. The van der Waals surface area contributed by atoms with E-state index < -0.39 is 0 Å². The lowest BCUT2D eigenvalue weighted by atomic mass is 9.62. The molecule has 2 aliphatic carbocycles. The summed E-state index contributed by atoms with van der Waals surface area (Å²) in [6.07, 6.45) is 8.08. The molecule has 0 amide bonds. The van der Waals surface area contributed by atoms with Crippen molar-refractivity contribution in [3.63, 3.8) is 0 Å². The van der Waals surface area contributed by atoms with E-state index >= 15 is 0 Å². The molecule has 0 saturated heterocycles. The molecule has 4 rings (SSSR count). The number of allylic oxidation sites excluding steroid dienone is 3. The van der Waals surface area contributed by atoms with Gasteiger partial charge in [-0.15, -0.1) is 6.58 Å². The standard InChI is InChI=1S/C23H26N2O3/c1-4-6-15(13-26)23-10-9-21(27)16(5-2)22(23)17-7-8-20-19(18(17)11-23)12-24-25(20)14-28-3/h4,7-8,12-13,15H,1,5-6,9-11,14H2,2-3H3. The highest BCUT2D eigenvalue weighted by Gasteiger charge is 2.51. The lowest BCUT2D eigenvalue weighted by Crippen LogP contribution is -2.36. The van der Waals surface area contributed by atoms with Crippen molar-refractivity contribution < 1.29 is 14.3 Å². The van der Waals surface area contributed by atoms with Crippen LogP contribution in [0.25, 0.3) is 16.5 Å². The molecular weight excluding hydrogens is 352 g/mol. The zero-order valence-electron chi connectivity index (χ0n) is 16.5. The molecule has 0 fully saturated rings. The van der Waals surface area contributed by atoms with E-state index in [-0.39, 0.29) is 17.1 Å². The van der Waals surface area contributed by atoms with Gasteiger partial charge in [0.15, 0.2) is 5.78 Å². The lowest BCUT2D eigenvalue weighted by molar-refractivity contribution is -0.119. The van der Waals surface area contributed by atoms with Crippen LogP contribution < -0.4 is 0 Å². The highest BCUT2D eigenvalue weighted by atomic mass is 16.5. The summed E-state index contributed by atoms with van der Waals surface area (Å²) < 4.78 is 7.09. The van der Waals surface area contributed by atoms with E-state index in [1.165, 1.54) is 5.56 Å². The molecule has 2 atom stereocenters. The average Bonchev–Trinajstić information content (AvgIpc) is 3.26. The van der Waals surface area contributed by atoms with Crippen molar-refractivity contribution in [2.45, 2.75) is 45.8 Å². The Morgan fingerprint density at radius 1 is 1.43 bits per heavy atom. The molecule has 2 aromatic rings. The third-order valence-corrected chi connectivity index (χ3v) is 6.53. The van der Waals surface area contributed by atoms with Crippen LogP contribution in [0.5, 0.6) is 0 Å². The molecule has 0 saturated carbocycles. The zero-order chi connectivity index (χ0) is 19.9. The number of fused-ring (bicyclic) bond motifs is 5. The maximum absolute atomic E-state index is 12.7. The number of ketones is 1. The van der Waals surface area contributed by atoms with Gasteiger partial charge in [0, 0.05) is 30.2 Å². The molecule has 0 N–H and O–H groups in total. The number of benzene rings is 1. The Morgan fingerprint density at radius 3 is 2.93 bits per heavy atom. The van der Waals surface area contributed by atoms with Crippen molar-refractivity contribution in [3.05, 3.63) is 47.7 Å². The van der Waals surface area contributed by atoms with Crippen molar-refractivity contribution in [1.29, 1.82) is 0 Å². The Morgan fingerprint density at radius 2 is 2.25 bits per heavy atom. The number of nitrogens with zero attached hydrogens (tertiary/aromatic N) is 2. The molecule has 5 nitrogen and oxygen atoms in total. The zero-order valence-corrected chi connectivity index (χ0v) is 16.5. The van der Waals surface area contributed by atoms with Crippen LogP contribution in [0.1, 0.15) is 43.7 Å². The van der Waals surface area contributed by atoms with Crippen LogP contribution in [-0.4, -0.2) is 29.0 Å². The van der Waals surface area contributed by atoms with Gasteiger partial charge in [-0.05, 0) is 54.0 Å². The number of methoxy groups -OCH3 is 1. The number of hydrogen-bond acceptors (Lipinski definition) is 4. The Balaban J connectivity index is 1.99. The highest BCUT2D eigenvalue weighted by Crippen LogP contribution is 2.59. The topological polar surface area (TPSA) is 61.2 Å². The molecule has 2 aliphatic rings. The van der Waals surface area contributed by atoms with Gasteiger partial charge in [-0.1, -0.05) is 19.1 Å². The van der Waals surface area contributed by atoms with Crippen LogP contribution >= 0.6 is 0 Å².